The van der Waals surface area contributed by atoms with Gasteiger partial charge in [0.05, 0.1) is 5.56 Å². The van der Waals surface area contributed by atoms with Gasteiger partial charge < -0.3 is 10.2 Å². The summed E-state index contributed by atoms with van der Waals surface area (Å²) in [6.07, 6.45) is 0. The van der Waals surface area contributed by atoms with E-state index in [1.54, 1.807) is 6.07 Å². The quantitative estimate of drug-likeness (QED) is 0.696. The number of halogens is 3. The fraction of sp³-hybridized carbons (Fsp3) is 0.143. The largest absolute Gasteiger partial charge is 0.507 e. The van der Waals surface area contributed by atoms with Crippen molar-refractivity contribution in [1.82, 2.24) is 0 Å². The number of phenols is 2. The molecule has 0 saturated heterocycles. The minimum atomic E-state index is -0.789. The fourth-order valence-corrected chi connectivity index (χ4v) is 2.04. The van der Waals surface area contributed by atoms with Crippen molar-refractivity contribution in [3.63, 3.8) is 0 Å². The van der Waals surface area contributed by atoms with Crippen molar-refractivity contribution in [3.05, 3.63) is 23.8 Å². The summed E-state index contributed by atoms with van der Waals surface area (Å²) in [5, 5.41) is 18.8. The summed E-state index contributed by atoms with van der Waals surface area (Å²) in [5.41, 5.74) is 0.352. The van der Waals surface area contributed by atoms with Crippen molar-refractivity contribution in [2.45, 2.75) is 2.14 Å². The molecule has 0 radical (unpaired) electrons. The summed E-state index contributed by atoms with van der Waals surface area (Å²) in [4.78, 5) is 0. The van der Waals surface area contributed by atoms with Crippen molar-refractivity contribution in [2.75, 3.05) is 0 Å². The predicted octanol–water partition coefficient (Wildman–Crippen LogP) is 3.39. The first-order valence-electron chi connectivity index (χ1n) is 3.01. The van der Waals surface area contributed by atoms with Crippen molar-refractivity contribution < 1.29 is 10.2 Å². The van der Waals surface area contributed by atoms with E-state index in [0.717, 1.165) is 0 Å². The van der Waals surface area contributed by atoms with Crippen LogP contribution in [0.1, 0.15) is 5.56 Å². The third kappa shape index (κ3) is 2.14. The SMILES string of the molecule is Oc1cccc(O)c1C(Br)(Br)Br. The topological polar surface area (TPSA) is 40.5 Å². The van der Waals surface area contributed by atoms with Crippen LogP contribution in [0.4, 0.5) is 0 Å². The van der Waals surface area contributed by atoms with Gasteiger partial charge in [0.2, 0.25) is 0 Å². The van der Waals surface area contributed by atoms with Gasteiger partial charge in [-0.3, -0.25) is 0 Å². The summed E-state index contributed by atoms with van der Waals surface area (Å²) in [6.45, 7) is 0. The zero-order chi connectivity index (χ0) is 9.35. The number of alkyl halides is 3. The molecule has 0 aliphatic carbocycles. The Kier molecular flexibility index (Phi) is 3.06. The van der Waals surface area contributed by atoms with E-state index >= 15 is 0 Å². The molecule has 2 N–H and O–H groups in total. The Morgan fingerprint density at radius 1 is 1.00 bits per heavy atom. The van der Waals surface area contributed by atoms with Crippen molar-refractivity contribution >= 4 is 47.8 Å². The molecule has 0 amide bonds. The molecule has 0 aliphatic rings. The lowest BCUT2D eigenvalue weighted by Gasteiger charge is -2.15. The van der Waals surface area contributed by atoms with Crippen LogP contribution in [0.5, 0.6) is 11.5 Å². The molecular formula is C7H5Br3O2. The number of hydrogen-bond donors (Lipinski definition) is 2. The highest BCUT2D eigenvalue weighted by Crippen LogP contribution is 2.51. The maximum absolute atomic E-state index is 9.38. The molecule has 0 atom stereocenters. The third-order valence-corrected chi connectivity index (χ3v) is 2.49. The van der Waals surface area contributed by atoms with Gasteiger partial charge in [0.1, 0.15) is 11.5 Å². The molecule has 0 heterocycles. The van der Waals surface area contributed by atoms with Crippen LogP contribution in [0.25, 0.3) is 0 Å². The molecule has 2 nitrogen and oxygen atoms in total. The van der Waals surface area contributed by atoms with E-state index in [0.29, 0.717) is 5.56 Å². The van der Waals surface area contributed by atoms with E-state index in [9.17, 15) is 10.2 Å². The number of phenolic OH excluding ortho intramolecular Hbond substituents is 2. The first-order valence-corrected chi connectivity index (χ1v) is 5.39. The summed E-state index contributed by atoms with van der Waals surface area (Å²) in [6, 6.07) is 4.55. The number of hydrogen-bond acceptors (Lipinski definition) is 2. The maximum Gasteiger partial charge on any atom is 0.166 e. The zero-order valence-corrected chi connectivity index (χ0v) is 10.5. The standard InChI is InChI=1S/C7H5Br3O2/c8-7(9,10)6-4(11)2-1-3-5(6)12/h1-3,11-12H. The average molecular weight is 361 g/mol. The van der Waals surface area contributed by atoms with Crippen LogP contribution in [-0.4, -0.2) is 10.2 Å². The Morgan fingerprint density at radius 2 is 1.42 bits per heavy atom. The summed E-state index contributed by atoms with van der Waals surface area (Å²) in [5.74, 6) is 0.0289. The lowest BCUT2D eigenvalue weighted by Crippen LogP contribution is -1.98. The van der Waals surface area contributed by atoms with Gasteiger partial charge in [-0.1, -0.05) is 53.9 Å². The molecule has 1 aromatic rings. The molecule has 0 unspecified atom stereocenters. The molecule has 0 aliphatic heterocycles. The van der Waals surface area contributed by atoms with E-state index in [1.807, 2.05) is 0 Å². The van der Waals surface area contributed by atoms with Gasteiger partial charge >= 0.3 is 0 Å². The molecule has 12 heavy (non-hydrogen) atoms. The van der Waals surface area contributed by atoms with Crippen molar-refractivity contribution in [3.8, 4) is 11.5 Å². The minimum Gasteiger partial charge on any atom is -0.507 e. The second-order valence-corrected chi connectivity index (χ2v) is 8.93. The lowest BCUT2D eigenvalue weighted by atomic mass is 10.2. The molecule has 0 fully saturated rings. The van der Waals surface area contributed by atoms with Crippen LogP contribution in [0.15, 0.2) is 18.2 Å². The van der Waals surface area contributed by atoms with Gasteiger partial charge in [-0.15, -0.1) is 0 Å². The summed E-state index contributed by atoms with van der Waals surface area (Å²) >= 11 is 9.60. The van der Waals surface area contributed by atoms with E-state index in [-0.39, 0.29) is 11.5 Å². The molecule has 1 aromatic carbocycles. The first kappa shape index (κ1) is 10.3. The fourth-order valence-electron chi connectivity index (χ4n) is 0.819. The summed E-state index contributed by atoms with van der Waals surface area (Å²) in [7, 11) is 0. The Labute approximate surface area is 95.0 Å². The van der Waals surface area contributed by atoms with E-state index in [1.165, 1.54) is 12.1 Å². The number of benzene rings is 1. The molecule has 0 bridgehead atoms. The second-order valence-electron chi connectivity index (χ2n) is 2.17. The highest BCUT2D eigenvalue weighted by Gasteiger charge is 2.27. The van der Waals surface area contributed by atoms with Gasteiger partial charge in [0.25, 0.3) is 0 Å². The smallest absolute Gasteiger partial charge is 0.166 e. The van der Waals surface area contributed by atoms with Crippen LogP contribution in [-0.2, 0) is 2.14 Å². The molecule has 5 heteroatoms. The van der Waals surface area contributed by atoms with Gasteiger partial charge in [-0.05, 0) is 12.1 Å². The van der Waals surface area contributed by atoms with Gasteiger partial charge in [0.15, 0.2) is 2.14 Å². The van der Waals surface area contributed by atoms with Crippen molar-refractivity contribution in [1.29, 1.82) is 0 Å². The zero-order valence-electron chi connectivity index (χ0n) is 5.76. The minimum absolute atomic E-state index is 0.0145. The number of aromatic hydroxyl groups is 2. The first-order chi connectivity index (χ1) is 5.43. The molecule has 0 saturated carbocycles. The van der Waals surface area contributed by atoms with E-state index in [4.69, 9.17) is 0 Å². The molecule has 66 valence electrons. The lowest BCUT2D eigenvalue weighted by molar-refractivity contribution is 0.441. The average Bonchev–Trinajstić information content (AvgIpc) is 1.82. The monoisotopic (exact) mass is 358 g/mol. The molecular weight excluding hydrogens is 356 g/mol. The van der Waals surface area contributed by atoms with E-state index < -0.39 is 2.14 Å². The van der Waals surface area contributed by atoms with Crippen LogP contribution < -0.4 is 0 Å². The Bertz CT molecular complexity index is 273. The highest BCUT2D eigenvalue weighted by atomic mass is 80.0. The van der Waals surface area contributed by atoms with Gasteiger partial charge in [-0.2, -0.15) is 0 Å². The summed E-state index contributed by atoms with van der Waals surface area (Å²) < 4.78 is -0.789. The van der Waals surface area contributed by atoms with Crippen LogP contribution in [0, 0.1) is 0 Å². The van der Waals surface area contributed by atoms with Gasteiger partial charge in [0, 0.05) is 0 Å². The molecule has 1 rings (SSSR count). The van der Waals surface area contributed by atoms with Crippen molar-refractivity contribution in [2.24, 2.45) is 0 Å². The van der Waals surface area contributed by atoms with Crippen LogP contribution >= 0.6 is 47.8 Å². The number of rotatable bonds is 0. The third-order valence-electron chi connectivity index (χ3n) is 1.30. The predicted molar refractivity (Wildman–Crippen MR) is 58.2 cm³/mol. The second kappa shape index (κ2) is 3.55. The van der Waals surface area contributed by atoms with Crippen LogP contribution in [0.2, 0.25) is 0 Å². The maximum atomic E-state index is 9.38. The molecule has 0 aromatic heterocycles. The Hall–Kier alpha value is 0.260. The van der Waals surface area contributed by atoms with Gasteiger partial charge in [-0.25, -0.2) is 0 Å². The highest BCUT2D eigenvalue weighted by molar-refractivity contribution is 9.38. The Morgan fingerprint density at radius 3 is 1.67 bits per heavy atom. The van der Waals surface area contributed by atoms with Crippen LogP contribution in [0.3, 0.4) is 0 Å². The molecule has 0 spiro atoms. The normalized spacial score (nSPS) is 11.6. The Balaban J connectivity index is 3.31. The van der Waals surface area contributed by atoms with E-state index in [2.05, 4.69) is 47.8 Å².